The second-order valence-corrected chi connectivity index (χ2v) is 4.75. The molecular weight excluding hydrogens is 274 g/mol. The van der Waals surface area contributed by atoms with Crippen LogP contribution < -0.4 is 0 Å². The van der Waals surface area contributed by atoms with Gasteiger partial charge in [0.25, 0.3) is 0 Å². The maximum Gasteiger partial charge on any atom is 0.323 e. The van der Waals surface area contributed by atoms with Crippen molar-refractivity contribution in [3.05, 3.63) is 53.6 Å². The van der Waals surface area contributed by atoms with E-state index in [2.05, 4.69) is 9.98 Å². The first-order valence-electron chi connectivity index (χ1n) is 6.01. The molecule has 0 saturated carbocycles. The molecule has 5 nitrogen and oxygen atoms in total. The summed E-state index contributed by atoms with van der Waals surface area (Å²) in [7, 11) is 0. The molecular formula is C14H11N3O2S. The zero-order valence-electron chi connectivity index (χ0n) is 10.4. The van der Waals surface area contributed by atoms with Gasteiger partial charge in [-0.3, -0.25) is 9.79 Å². The van der Waals surface area contributed by atoms with Crippen LogP contribution in [0.25, 0.3) is 5.57 Å². The van der Waals surface area contributed by atoms with Gasteiger partial charge in [-0.1, -0.05) is 12.2 Å². The lowest BCUT2D eigenvalue weighted by molar-refractivity contribution is -0.137. The van der Waals surface area contributed by atoms with Crippen LogP contribution >= 0.6 is 12.2 Å². The summed E-state index contributed by atoms with van der Waals surface area (Å²) in [5.41, 5.74) is 3.30. The normalized spacial score (nSPS) is 20.9. The van der Waals surface area contributed by atoms with Crippen molar-refractivity contribution in [1.82, 2.24) is 9.88 Å². The number of aliphatic imine (C=N–C) groups is 1. The quantitative estimate of drug-likeness (QED) is 0.833. The number of allylic oxidation sites excluding steroid dienone is 3. The van der Waals surface area contributed by atoms with Gasteiger partial charge < -0.3 is 15.0 Å². The van der Waals surface area contributed by atoms with Gasteiger partial charge in [0.1, 0.15) is 11.5 Å². The molecule has 1 aromatic heterocycles. The number of hydrogen-bond acceptors (Lipinski definition) is 3. The highest BCUT2D eigenvalue weighted by Gasteiger charge is 2.26. The fraction of sp³-hybridized carbons (Fsp3) is 0.0714. The van der Waals surface area contributed by atoms with Crippen molar-refractivity contribution in [3.63, 3.8) is 0 Å². The van der Waals surface area contributed by atoms with Gasteiger partial charge in [0.15, 0.2) is 0 Å². The number of nitrogens with one attached hydrogen (secondary N) is 1. The Kier molecular flexibility index (Phi) is 3.08. The Morgan fingerprint density at radius 3 is 3.00 bits per heavy atom. The molecule has 2 aliphatic rings. The maximum absolute atomic E-state index is 11.0. The predicted octanol–water partition coefficient (Wildman–Crippen LogP) is 1.98. The van der Waals surface area contributed by atoms with E-state index in [0.29, 0.717) is 10.7 Å². The molecule has 0 fully saturated rings. The number of aromatic nitrogens is 1. The average Bonchev–Trinajstić information content (AvgIpc) is 3.10. The van der Waals surface area contributed by atoms with Crippen molar-refractivity contribution in [3.8, 4) is 0 Å². The Labute approximate surface area is 120 Å². The molecule has 0 unspecified atom stereocenters. The van der Waals surface area contributed by atoms with Crippen molar-refractivity contribution in [2.75, 3.05) is 6.54 Å². The molecule has 0 aromatic carbocycles. The van der Waals surface area contributed by atoms with Gasteiger partial charge in [-0.2, -0.15) is 0 Å². The minimum absolute atomic E-state index is 0.168. The molecule has 0 bridgehead atoms. The Bertz CT molecular complexity index is 696. The van der Waals surface area contributed by atoms with E-state index in [1.54, 1.807) is 23.3 Å². The van der Waals surface area contributed by atoms with Crippen LogP contribution in [0.4, 0.5) is 0 Å². The van der Waals surface area contributed by atoms with Crippen LogP contribution in [0.3, 0.4) is 0 Å². The van der Waals surface area contributed by atoms with Gasteiger partial charge in [-0.15, -0.1) is 0 Å². The molecule has 0 saturated heterocycles. The number of thiocarbonyl (C=S) groups is 1. The lowest BCUT2D eigenvalue weighted by Gasteiger charge is -2.19. The van der Waals surface area contributed by atoms with Crippen molar-refractivity contribution >= 4 is 35.0 Å². The number of carboxylic acids is 1. The van der Waals surface area contributed by atoms with Crippen molar-refractivity contribution in [1.29, 1.82) is 0 Å². The molecule has 0 aliphatic carbocycles. The van der Waals surface area contributed by atoms with Gasteiger partial charge >= 0.3 is 5.97 Å². The van der Waals surface area contributed by atoms with Crippen LogP contribution in [0.2, 0.25) is 0 Å². The third-order valence-corrected chi connectivity index (χ3v) is 3.42. The molecule has 3 rings (SSSR count). The van der Waals surface area contributed by atoms with Gasteiger partial charge in [-0.25, -0.2) is 0 Å². The van der Waals surface area contributed by atoms with E-state index in [-0.39, 0.29) is 6.54 Å². The largest absolute Gasteiger partial charge is 0.480 e. The summed E-state index contributed by atoms with van der Waals surface area (Å²) in [6.45, 7) is -0.168. The number of nitrogens with zero attached hydrogens (tertiary/aromatic N) is 2. The molecule has 0 amide bonds. The fourth-order valence-electron chi connectivity index (χ4n) is 2.21. The van der Waals surface area contributed by atoms with Crippen molar-refractivity contribution in [2.24, 2.45) is 4.99 Å². The molecule has 2 aliphatic heterocycles. The Balaban J connectivity index is 2.02. The molecule has 2 N–H and O–H groups in total. The van der Waals surface area contributed by atoms with Crippen LogP contribution in [0.1, 0.15) is 5.69 Å². The number of aromatic amines is 1. The smallest absolute Gasteiger partial charge is 0.323 e. The molecule has 0 spiro atoms. The number of carboxylic acid groups (broad SMARTS) is 1. The lowest BCUT2D eigenvalue weighted by Crippen LogP contribution is -2.29. The zero-order valence-corrected chi connectivity index (χ0v) is 11.2. The summed E-state index contributed by atoms with van der Waals surface area (Å²) >= 11 is 5.17. The van der Waals surface area contributed by atoms with E-state index in [9.17, 15) is 4.79 Å². The summed E-state index contributed by atoms with van der Waals surface area (Å²) in [6, 6.07) is 3.85. The second kappa shape index (κ2) is 4.90. The number of H-pyrrole nitrogens is 1. The van der Waals surface area contributed by atoms with Crippen LogP contribution in [-0.4, -0.2) is 38.7 Å². The zero-order chi connectivity index (χ0) is 14.1. The summed E-state index contributed by atoms with van der Waals surface area (Å²) in [4.78, 5) is 20.5. The monoisotopic (exact) mass is 285 g/mol. The standard InChI is InChI=1S/C14H11N3O2S/c18-13(19)8-17-11(3-4-12(17)20)14-9(5-7-16-14)10-2-1-6-15-10/h1-7,15H,8H2,(H,18,19). The summed E-state index contributed by atoms with van der Waals surface area (Å²) in [5.74, 6) is -0.929. The number of aliphatic carboxylic acids is 1. The van der Waals surface area contributed by atoms with E-state index in [0.717, 1.165) is 17.0 Å². The van der Waals surface area contributed by atoms with Crippen LogP contribution in [0.15, 0.2) is 52.9 Å². The van der Waals surface area contributed by atoms with E-state index in [1.165, 1.54) is 0 Å². The topological polar surface area (TPSA) is 68.7 Å². The molecule has 0 radical (unpaired) electrons. The maximum atomic E-state index is 11.0. The van der Waals surface area contributed by atoms with Crippen molar-refractivity contribution < 1.29 is 9.90 Å². The highest BCUT2D eigenvalue weighted by atomic mass is 32.1. The minimum atomic E-state index is -0.929. The highest BCUT2D eigenvalue weighted by Crippen LogP contribution is 2.32. The second-order valence-electron chi connectivity index (χ2n) is 4.33. The molecule has 1 aromatic rings. The third kappa shape index (κ3) is 2.10. The number of rotatable bonds is 3. The Morgan fingerprint density at radius 1 is 1.45 bits per heavy atom. The van der Waals surface area contributed by atoms with E-state index in [1.807, 2.05) is 24.4 Å². The molecule has 3 heterocycles. The average molecular weight is 285 g/mol. The van der Waals surface area contributed by atoms with Crippen LogP contribution in [0.5, 0.6) is 0 Å². The first-order valence-corrected chi connectivity index (χ1v) is 6.42. The predicted molar refractivity (Wildman–Crippen MR) is 80.4 cm³/mol. The highest BCUT2D eigenvalue weighted by molar-refractivity contribution is 7.80. The fourth-order valence-corrected chi connectivity index (χ4v) is 2.44. The van der Waals surface area contributed by atoms with E-state index in [4.69, 9.17) is 17.3 Å². The summed E-state index contributed by atoms with van der Waals surface area (Å²) in [6.07, 6.45) is 8.96. The van der Waals surface area contributed by atoms with Gasteiger partial charge in [0.2, 0.25) is 0 Å². The molecule has 100 valence electrons. The van der Waals surface area contributed by atoms with Crippen molar-refractivity contribution in [2.45, 2.75) is 0 Å². The lowest BCUT2D eigenvalue weighted by atomic mass is 10.1. The molecule has 6 heteroatoms. The SMILES string of the molecule is O=C(O)CN1C(=S)C=CC1=C1N=CC=C1c1ccc[nH]1. The van der Waals surface area contributed by atoms with Crippen LogP contribution in [0, 0.1) is 0 Å². The Hall–Kier alpha value is -2.47. The van der Waals surface area contributed by atoms with Gasteiger partial charge in [0, 0.05) is 23.7 Å². The van der Waals surface area contributed by atoms with Crippen LogP contribution in [-0.2, 0) is 4.79 Å². The molecule has 0 atom stereocenters. The number of hydrogen-bond donors (Lipinski definition) is 2. The van der Waals surface area contributed by atoms with Gasteiger partial charge in [-0.05, 0) is 30.4 Å². The first kappa shape index (κ1) is 12.6. The number of carbonyl (C=O) groups is 1. The van der Waals surface area contributed by atoms with E-state index >= 15 is 0 Å². The summed E-state index contributed by atoms with van der Waals surface area (Å²) in [5, 5.41) is 8.99. The summed E-state index contributed by atoms with van der Waals surface area (Å²) < 4.78 is 0. The molecule has 20 heavy (non-hydrogen) atoms. The Morgan fingerprint density at radius 2 is 2.30 bits per heavy atom. The van der Waals surface area contributed by atoms with E-state index < -0.39 is 5.97 Å². The van der Waals surface area contributed by atoms with Gasteiger partial charge in [0.05, 0.1) is 11.4 Å². The third-order valence-electron chi connectivity index (χ3n) is 3.06. The first-order chi connectivity index (χ1) is 9.66. The minimum Gasteiger partial charge on any atom is -0.480 e.